The SMILES string of the molecule is CC(C)(C)OC(=O)CC[C@H](CO)NC(=O)OC(C)(C)C. The maximum Gasteiger partial charge on any atom is 0.407 e. The highest BCUT2D eigenvalue weighted by Gasteiger charge is 2.21. The van der Waals surface area contributed by atoms with E-state index in [1.807, 2.05) is 0 Å². The zero-order valence-electron chi connectivity index (χ0n) is 13.3. The third-order valence-electron chi connectivity index (χ3n) is 2.06. The highest BCUT2D eigenvalue weighted by molar-refractivity contribution is 5.70. The summed E-state index contributed by atoms with van der Waals surface area (Å²) in [4.78, 5) is 23.1. The second kappa shape index (κ2) is 7.47. The molecule has 6 heteroatoms. The minimum Gasteiger partial charge on any atom is -0.460 e. The Hall–Kier alpha value is -1.30. The Bertz CT molecular complexity index is 327. The molecule has 0 unspecified atom stereocenters. The molecule has 0 aromatic carbocycles. The fraction of sp³-hybridized carbons (Fsp3) is 0.857. The van der Waals surface area contributed by atoms with Gasteiger partial charge in [0.15, 0.2) is 0 Å². The van der Waals surface area contributed by atoms with Crippen LogP contribution in [0.3, 0.4) is 0 Å². The first-order valence-electron chi connectivity index (χ1n) is 6.75. The van der Waals surface area contributed by atoms with Crippen molar-refractivity contribution in [1.29, 1.82) is 0 Å². The van der Waals surface area contributed by atoms with Crippen molar-refractivity contribution in [2.24, 2.45) is 0 Å². The van der Waals surface area contributed by atoms with Crippen LogP contribution in [0.5, 0.6) is 0 Å². The number of hydrogen-bond acceptors (Lipinski definition) is 5. The smallest absolute Gasteiger partial charge is 0.407 e. The Kier molecular flexibility index (Phi) is 6.99. The van der Waals surface area contributed by atoms with Gasteiger partial charge in [-0.15, -0.1) is 0 Å². The van der Waals surface area contributed by atoms with Crippen LogP contribution in [0.4, 0.5) is 4.79 Å². The standard InChI is InChI=1S/C14H27NO5/c1-13(2,3)19-11(17)8-7-10(9-16)15-12(18)20-14(4,5)6/h10,16H,7-9H2,1-6H3,(H,15,18)/t10-/m1/s1. The molecular weight excluding hydrogens is 262 g/mol. The number of alkyl carbamates (subject to hydrolysis) is 1. The van der Waals surface area contributed by atoms with Crippen LogP contribution in [0.1, 0.15) is 54.4 Å². The quantitative estimate of drug-likeness (QED) is 0.756. The van der Waals surface area contributed by atoms with E-state index < -0.39 is 23.3 Å². The van der Waals surface area contributed by atoms with Crippen LogP contribution >= 0.6 is 0 Å². The summed E-state index contributed by atoms with van der Waals surface area (Å²) in [6.07, 6.45) is -0.191. The van der Waals surface area contributed by atoms with Gasteiger partial charge in [-0.25, -0.2) is 4.79 Å². The lowest BCUT2D eigenvalue weighted by Gasteiger charge is -2.23. The minimum atomic E-state index is -0.610. The molecular formula is C14H27NO5. The number of rotatable bonds is 5. The zero-order chi connectivity index (χ0) is 16.0. The molecule has 2 N–H and O–H groups in total. The number of carbonyl (C=O) groups excluding carboxylic acids is 2. The second-order valence-corrected chi connectivity index (χ2v) is 6.65. The number of aliphatic hydroxyl groups excluding tert-OH is 1. The molecule has 1 amide bonds. The summed E-state index contributed by atoms with van der Waals surface area (Å²) in [6, 6.07) is -0.530. The molecule has 6 nitrogen and oxygen atoms in total. The van der Waals surface area contributed by atoms with Gasteiger partial charge in [0.25, 0.3) is 0 Å². The topological polar surface area (TPSA) is 84.9 Å². The van der Waals surface area contributed by atoms with Gasteiger partial charge in [-0.3, -0.25) is 4.79 Å². The number of hydrogen-bond donors (Lipinski definition) is 2. The van der Waals surface area contributed by atoms with E-state index in [-0.39, 0.29) is 19.0 Å². The van der Waals surface area contributed by atoms with E-state index in [1.165, 1.54) is 0 Å². The molecule has 1 atom stereocenters. The van der Waals surface area contributed by atoms with Crippen LogP contribution in [-0.2, 0) is 14.3 Å². The molecule has 0 radical (unpaired) electrons. The van der Waals surface area contributed by atoms with E-state index >= 15 is 0 Å². The molecule has 0 spiro atoms. The van der Waals surface area contributed by atoms with Crippen LogP contribution in [0.15, 0.2) is 0 Å². The van der Waals surface area contributed by atoms with Crippen molar-refractivity contribution in [1.82, 2.24) is 5.32 Å². The molecule has 0 aromatic heterocycles. The number of ether oxygens (including phenoxy) is 2. The van der Waals surface area contributed by atoms with Gasteiger partial charge in [-0.2, -0.15) is 0 Å². The van der Waals surface area contributed by atoms with Crippen LogP contribution in [0, 0.1) is 0 Å². The number of carbonyl (C=O) groups is 2. The molecule has 0 fully saturated rings. The Balaban J connectivity index is 4.17. The Labute approximate surface area is 120 Å². The van der Waals surface area contributed by atoms with E-state index in [0.717, 1.165) is 0 Å². The monoisotopic (exact) mass is 289 g/mol. The van der Waals surface area contributed by atoms with E-state index in [9.17, 15) is 14.7 Å². The van der Waals surface area contributed by atoms with Crippen LogP contribution in [-0.4, -0.2) is 41.0 Å². The largest absolute Gasteiger partial charge is 0.460 e. The van der Waals surface area contributed by atoms with Gasteiger partial charge in [0, 0.05) is 6.42 Å². The maximum atomic E-state index is 11.5. The van der Waals surface area contributed by atoms with Crippen molar-refractivity contribution in [3.05, 3.63) is 0 Å². The summed E-state index contributed by atoms with van der Waals surface area (Å²) in [5.74, 6) is -0.359. The van der Waals surface area contributed by atoms with E-state index in [1.54, 1.807) is 41.5 Å². The molecule has 0 saturated carbocycles. The molecule has 0 rings (SSSR count). The Morgan fingerprint density at radius 2 is 1.55 bits per heavy atom. The first-order valence-corrected chi connectivity index (χ1v) is 6.75. The second-order valence-electron chi connectivity index (χ2n) is 6.65. The summed E-state index contributed by atoms with van der Waals surface area (Å²) >= 11 is 0. The molecule has 0 bridgehead atoms. The van der Waals surface area contributed by atoms with Gasteiger partial charge >= 0.3 is 12.1 Å². The van der Waals surface area contributed by atoms with Gasteiger partial charge in [-0.1, -0.05) is 0 Å². The van der Waals surface area contributed by atoms with Crippen LogP contribution in [0.25, 0.3) is 0 Å². The molecule has 0 heterocycles. The van der Waals surface area contributed by atoms with E-state index in [2.05, 4.69) is 5.32 Å². The predicted octanol–water partition coefficient (Wildman–Crippen LogP) is 1.99. The average molecular weight is 289 g/mol. The first-order chi connectivity index (χ1) is 8.93. The fourth-order valence-corrected chi connectivity index (χ4v) is 1.37. The summed E-state index contributed by atoms with van der Waals surface area (Å²) in [5, 5.41) is 11.7. The van der Waals surface area contributed by atoms with E-state index in [0.29, 0.717) is 6.42 Å². The van der Waals surface area contributed by atoms with E-state index in [4.69, 9.17) is 9.47 Å². The molecule has 0 aromatic rings. The Morgan fingerprint density at radius 1 is 1.05 bits per heavy atom. The number of aliphatic hydroxyl groups is 1. The van der Waals surface area contributed by atoms with Gasteiger partial charge in [-0.05, 0) is 48.0 Å². The lowest BCUT2D eigenvalue weighted by molar-refractivity contribution is -0.155. The van der Waals surface area contributed by atoms with Crippen molar-refractivity contribution in [2.75, 3.05) is 6.61 Å². The molecule has 0 aliphatic carbocycles. The van der Waals surface area contributed by atoms with Gasteiger partial charge < -0.3 is 19.9 Å². The predicted molar refractivity (Wildman–Crippen MR) is 75.3 cm³/mol. The van der Waals surface area contributed by atoms with Gasteiger partial charge in [0.05, 0.1) is 12.6 Å². The lowest BCUT2D eigenvalue weighted by Crippen LogP contribution is -2.41. The average Bonchev–Trinajstić information content (AvgIpc) is 2.18. The number of esters is 1. The molecule has 0 saturated heterocycles. The summed E-state index contributed by atoms with van der Waals surface area (Å²) in [6.45, 7) is 10.3. The number of amides is 1. The lowest BCUT2D eigenvalue weighted by atomic mass is 10.1. The molecule has 0 aliphatic heterocycles. The highest BCUT2D eigenvalue weighted by Crippen LogP contribution is 2.11. The summed E-state index contributed by atoms with van der Waals surface area (Å²) in [5.41, 5.74) is -1.14. The van der Waals surface area contributed by atoms with Gasteiger partial charge in [0.1, 0.15) is 11.2 Å². The highest BCUT2D eigenvalue weighted by atomic mass is 16.6. The van der Waals surface area contributed by atoms with Gasteiger partial charge in [0.2, 0.25) is 0 Å². The van der Waals surface area contributed by atoms with Crippen molar-refractivity contribution in [3.63, 3.8) is 0 Å². The molecule has 0 aliphatic rings. The maximum absolute atomic E-state index is 11.5. The summed E-state index contributed by atoms with van der Waals surface area (Å²) < 4.78 is 10.2. The third kappa shape index (κ3) is 10.6. The Morgan fingerprint density at radius 3 is 1.95 bits per heavy atom. The normalized spacial score (nSPS) is 13.6. The third-order valence-corrected chi connectivity index (χ3v) is 2.06. The van der Waals surface area contributed by atoms with Crippen LogP contribution < -0.4 is 5.32 Å². The molecule has 20 heavy (non-hydrogen) atoms. The molecule has 118 valence electrons. The minimum absolute atomic E-state index is 0.123. The number of nitrogens with one attached hydrogen (secondary N) is 1. The fourth-order valence-electron chi connectivity index (χ4n) is 1.37. The van der Waals surface area contributed by atoms with Crippen molar-refractivity contribution >= 4 is 12.1 Å². The van der Waals surface area contributed by atoms with Crippen LogP contribution in [0.2, 0.25) is 0 Å². The van der Waals surface area contributed by atoms with Crippen molar-refractivity contribution in [2.45, 2.75) is 71.6 Å². The zero-order valence-corrected chi connectivity index (χ0v) is 13.3. The van der Waals surface area contributed by atoms with Crippen molar-refractivity contribution in [3.8, 4) is 0 Å². The van der Waals surface area contributed by atoms with Crippen molar-refractivity contribution < 1.29 is 24.2 Å². The first kappa shape index (κ1) is 18.7. The summed E-state index contributed by atoms with van der Waals surface area (Å²) in [7, 11) is 0.